The van der Waals surface area contributed by atoms with Gasteiger partial charge < -0.3 is 10.4 Å². The number of amides is 1. The maximum atomic E-state index is 13.5. The summed E-state index contributed by atoms with van der Waals surface area (Å²) in [4.78, 5) is 28.0. The summed E-state index contributed by atoms with van der Waals surface area (Å²) in [7, 11) is 0. The molecule has 2 aromatic heterocycles. The van der Waals surface area contributed by atoms with Crippen LogP contribution in [-0.4, -0.2) is 37.7 Å². The van der Waals surface area contributed by atoms with Gasteiger partial charge in [-0.2, -0.15) is 18.3 Å². The van der Waals surface area contributed by atoms with E-state index >= 15 is 0 Å². The fraction of sp³-hybridized carbons (Fsp3) is 0.200. The van der Waals surface area contributed by atoms with E-state index in [-0.39, 0.29) is 37.2 Å². The van der Waals surface area contributed by atoms with Crippen LogP contribution in [0.4, 0.5) is 18.3 Å². The molecule has 3 rings (SSSR count). The molecule has 174 valence electrons. The fourth-order valence-electron chi connectivity index (χ4n) is 2.93. The molecule has 0 saturated heterocycles. The fourth-order valence-corrected chi connectivity index (χ4v) is 4.07. The molecule has 0 atom stereocenters. The number of nitrogens with one attached hydrogen (secondary N) is 3. The molecule has 0 saturated carbocycles. The van der Waals surface area contributed by atoms with E-state index in [4.69, 9.17) is 16.7 Å². The molecule has 0 radical (unpaired) electrons. The second-order valence-electron chi connectivity index (χ2n) is 7.45. The Balaban J connectivity index is 1.90. The third-order valence-corrected chi connectivity index (χ3v) is 5.70. The van der Waals surface area contributed by atoms with E-state index in [1.807, 2.05) is 0 Å². The van der Waals surface area contributed by atoms with Crippen molar-refractivity contribution in [1.82, 2.24) is 20.5 Å². The zero-order chi connectivity index (χ0) is 24.7. The van der Waals surface area contributed by atoms with Crippen molar-refractivity contribution in [3.8, 4) is 0 Å². The number of thiazole rings is 1. The number of aliphatic carboxylic acids is 1. The van der Waals surface area contributed by atoms with E-state index in [1.54, 1.807) is 0 Å². The van der Waals surface area contributed by atoms with Gasteiger partial charge in [0, 0.05) is 16.1 Å². The summed E-state index contributed by atoms with van der Waals surface area (Å²) in [6.07, 6.45) is -2.17. The largest absolute Gasteiger partial charge is 0.478 e. The number of rotatable bonds is 7. The Morgan fingerprint density at radius 1 is 1.30 bits per heavy atom. The molecule has 33 heavy (non-hydrogen) atoms. The molecule has 0 fully saturated rings. The van der Waals surface area contributed by atoms with Crippen LogP contribution in [0.5, 0.6) is 0 Å². The third kappa shape index (κ3) is 5.01. The minimum Gasteiger partial charge on any atom is -0.478 e. The number of fused-ring (bicyclic) bond motifs is 3. The van der Waals surface area contributed by atoms with Crippen LogP contribution in [0, 0.1) is 0 Å². The third-order valence-electron chi connectivity index (χ3n) is 4.49. The minimum absolute atomic E-state index is 0.0504. The van der Waals surface area contributed by atoms with Gasteiger partial charge >= 0.3 is 12.1 Å². The monoisotopic (exact) mass is 499 g/mol. The van der Waals surface area contributed by atoms with Gasteiger partial charge in [0.1, 0.15) is 5.54 Å². The first kappa shape index (κ1) is 24.3. The first-order valence-electron chi connectivity index (χ1n) is 9.13. The maximum Gasteiger partial charge on any atom is 0.418 e. The number of carboxylic acid groups (broad SMARTS) is 1. The van der Waals surface area contributed by atoms with E-state index in [2.05, 4.69) is 39.0 Å². The van der Waals surface area contributed by atoms with E-state index in [1.165, 1.54) is 20.0 Å². The maximum absolute atomic E-state index is 13.5. The van der Waals surface area contributed by atoms with Gasteiger partial charge in [0.15, 0.2) is 5.13 Å². The number of aromatic nitrogens is 3. The summed E-state index contributed by atoms with van der Waals surface area (Å²) >= 11 is 6.53. The van der Waals surface area contributed by atoms with Crippen molar-refractivity contribution in [2.75, 3.05) is 5.32 Å². The summed E-state index contributed by atoms with van der Waals surface area (Å²) in [5.41, 5.74) is -2.68. The number of allylic oxidation sites excluding steroid dienone is 1. The number of halogens is 4. The smallest absolute Gasteiger partial charge is 0.418 e. The highest BCUT2D eigenvalue weighted by Crippen LogP contribution is 2.41. The summed E-state index contributed by atoms with van der Waals surface area (Å²) in [6.45, 7) is 9.96. The number of aromatic amines is 1. The van der Waals surface area contributed by atoms with Crippen LogP contribution >= 0.6 is 22.9 Å². The Morgan fingerprint density at radius 2 is 1.97 bits per heavy atom. The average Bonchev–Trinajstić information content (AvgIpc) is 3.29. The highest BCUT2D eigenvalue weighted by Gasteiger charge is 2.36. The summed E-state index contributed by atoms with van der Waals surface area (Å²) in [6, 6.07) is 0.919. The molecular formula is C20H17ClF3N5O3S. The van der Waals surface area contributed by atoms with Crippen molar-refractivity contribution in [2.45, 2.75) is 25.6 Å². The lowest BCUT2D eigenvalue weighted by molar-refractivity contribution is -0.136. The second-order valence-corrected chi connectivity index (χ2v) is 8.90. The van der Waals surface area contributed by atoms with Crippen LogP contribution in [-0.2, 0) is 15.8 Å². The number of benzene rings is 1. The number of anilines is 1. The van der Waals surface area contributed by atoms with Crippen molar-refractivity contribution in [1.29, 1.82) is 0 Å². The SMILES string of the molecule is C=C(/C=C(\C(=C)Cl)C(=O)O)NC(C)(C)C(=O)Nc1nc2c(C(F)(F)F)cc3[nH]ncc3c2s1. The van der Waals surface area contributed by atoms with Crippen LogP contribution in [0.1, 0.15) is 19.4 Å². The van der Waals surface area contributed by atoms with Gasteiger partial charge in [-0.05, 0) is 26.0 Å². The van der Waals surface area contributed by atoms with E-state index < -0.39 is 29.2 Å². The van der Waals surface area contributed by atoms with Gasteiger partial charge in [0.2, 0.25) is 0 Å². The van der Waals surface area contributed by atoms with Crippen LogP contribution in [0.15, 0.2) is 47.8 Å². The molecule has 1 aromatic carbocycles. The number of carbonyl (C=O) groups excluding carboxylic acids is 1. The number of carboxylic acids is 1. The standard InChI is InChI=1S/C20H17ClF3N5O3S/c1-8(5-10(9(2)21)16(30)31)28-19(3,4)17(32)27-18-26-14-12(20(22,23)24)6-13-11(7-25-29-13)15(14)33-18/h5-7,28H,1-2H2,3-4H3,(H,25,29)(H,30,31)(H,26,27,32)/b10-5+. The molecule has 13 heteroatoms. The topological polar surface area (TPSA) is 120 Å². The molecule has 0 aliphatic carbocycles. The lowest BCUT2D eigenvalue weighted by atomic mass is 10.0. The van der Waals surface area contributed by atoms with Crippen molar-refractivity contribution in [3.63, 3.8) is 0 Å². The highest BCUT2D eigenvalue weighted by atomic mass is 35.5. The van der Waals surface area contributed by atoms with Crippen molar-refractivity contribution < 1.29 is 27.9 Å². The zero-order valence-electron chi connectivity index (χ0n) is 17.2. The van der Waals surface area contributed by atoms with Gasteiger partial charge in [-0.1, -0.05) is 36.1 Å². The number of hydrogen-bond donors (Lipinski definition) is 4. The van der Waals surface area contributed by atoms with Crippen molar-refractivity contribution >= 4 is 61.1 Å². The minimum atomic E-state index is -4.66. The molecule has 0 unspecified atom stereocenters. The quantitative estimate of drug-likeness (QED) is 0.274. The normalized spacial score (nSPS) is 12.7. The Kier molecular flexibility index (Phi) is 6.27. The Hall–Kier alpha value is -3.38. The van der Waals surface area contributed by atoms with E-state index in [0.717, 1.165) is 23.5 Å². The lowest BCUT2D eigenvalue weighted by Gasteiger charge is -2.26. The highest BCUT2D eigenvalue weighted by molar-refractivity contribution is 7.23. The van der Waals surface area contributed by atoms with E-state index in [9.17, 15) is 22.8 Å². The molecule has 0 aliphatic heterocycles. The number of alkyl halides is 3. The number of H-pyrrole nitrogens is 1. The van der Waals surface area contributed by atoms with Crippen LogP contribution in [0.2, 0.25) is 0 Å². The van der Waals surface area contributed by atoms with Crippen LogP contribution in [0.3, 0.4) is 0 Å². The van der Waals surface area contributed by atoms with Gasteiger partial charge in [-0.3, -0.25) is 15.2 Å². The molecule has 4 N–H and O–H groups in total. The van der Waals surface area contributed by atoms with Gasteiger partial charge in [-0.25, -0.2) is 9.78 Å². The molecule has 0 bridgehead atoms. The Labute approximate surface area is 193 Å². The number of nitrogens with zero attached hydrogens (tertiary/aromatic N) is 2. The molecular weight excluding hydrogens is 483 g/mol. The second kappa shape index (κ2) is 8.52. The van der Waals surface area contributed by atoms with Gasteiger partial charge in [0.25, 0.3) is 5.91 Å². The first-order valence-corrected chi connectivity index (χ1v) is 10.3. The van der Waals surface area contributed by atoms with E-state index in [0.29, 0.717) is 5.39 Å². The van der Waals surface area contributed by atoms with Crippen molar-refractivity contribution in [2.24, 2.45) is 0 Å². The van der Waals surface area contributed by atoms with Gasteiger partial charge in [0.05, 0.1) is 33.1 Å². The summed E-state index contributed by atoms with van der Waals surface area (Å²) in [5, 5.41) is 20.8. The lowest BCUT2D eigenvalue weighted by Crippen LogP contribution is -2.49. The predicted molar refractivity (Wildman–Crippen MR) is 120 cm³/mol. The van der Waals surface area contributed by atoms with Crippen LogP contribution in [0.25, 0.3) is 21.1 Å². The number of carbonyl (C=O) groups is 2. The number of hydrogen-bond acceptors (Lipinski definition) is 6. The summed E-state index contributed by atoms with van der Waals surface area (Å²) in [5.74, 6) is -1.98. The molecule has 2 heterocycles. The first-order chi connectivity index (χ1) is 15.2. The van der Waals surface area contributed by atoms with Crippen LogP contribution < -0.4 is 10.6 Å². The summed E-state index contributed by atoms with van der Waals surface area (Å²) < 4.78 is 40.8. The average molecular weight is 500 g/mol. The molecule has 0 spiro atoms. The zero-order valence-corrected chi connectivity index (χ0v) is 18.8. The van der Waals surface area contributed by atoms with Crippen molar-refractivity contribution in [3.05, 3.63) is 53.4 Å². The molecule has 1 amide bonds. The Morgan fingerprint density at radius 3 is 2.55 bits per heavy atom. The van der Waals surface area contributed by atoms with Gasteiger partial charge in [-0.15, -0.1) is 0 Å². The Bertz CT molecular complexity index is 1320. The predicted octanol–water partition coefficient (Wildman–Crippen LogP) is 4.78. The molecule has 8 nitrogen and oxygen atoms in total. The molecule has 3 aromatic rings. The molecule has 0 aliphatic rings.